The van der Waals surface area contributed by atoms with Crippen molar-refractivity contribution >= 4 is 17.7 Å². The molecule has 0 unspecified atom stereocenters. The number of nitrogens with zero attached hydrogens (tertiary/aromatic N) is 3. The number of aromatic nitrogens is 2. The summed E-state index contributed by atoms with van der Waals surface area (Å²) in [7, 11) is 3.11. The average Bonchev–Trinajstić information content (AvgIpc) is 2.74. The van der Waals surface area contributed by atoms with Crippen molar-refractivity contribution in [1.82, 2.24) is 4.68 Å². The monoisotopic (exact) mass is 253 g/mol. The van der Waals surface area contributed by atoms with Crippen LogP contribution >= 0.6 is 11.8 Å². The first kappa shape index (κ1) is 13.1. The van der Waals surface area contributed by atoms with E-state index < -0.39 is 5.97 Å². The summed E-state index contributed by atoms with van der Waals surface area (Å²) in [6.45, 7) is 0. The van der Waals surface area contributed by atoms with Crippen molar-refractivity contribution in [3.05, 3.63) is 29.3 Å². The predicted molar refractivity (Wildman–Crippen MR) is 63.1 cm³/mol. The van der Waals surface area contributed by atoms with Gasteiger partial charge in [-0.15, -0.1) is 16.4 Å². The van der Waals surface area contributed by atoms with Gasteiger partial charge in [0.05, 0.1) is 14.2 Å². The highest BCUT2D eigenvalue weighted by Crippen LogP contribution is 2.15. The lowest BCUT2D eigenvalue weighted by Gasteiger charge is -2.06. The van der Waals surface area contributed by atoms with E-state index in [4.69, 9.17) is 5.26 Å². The topological polar surface area (TPSA) is 70.9 Å². The van der Waals surface area contributed by atoms with Crippen molar-refractivity contribution in [2.24, 2.45) is 7.05 Å². The Balaban J connectivity index is 3.01. The number of thioether (sulfide) groups is 1. The number of nitrogens with one attached hydrogen (secondary N) is 1. The molecule has 0 saturated heterocycles. The average molecular weight is 253 g/mol. The molecule has 90 valence electrons. The van der Waals surface area contributed by atoms with E-state index in [0.29, 0.717) is 5.03 Å². The molecule has 0 aliphatic heterocycles. The summed E-state index contributed by atoms with van der Waals surface area (Å²) in [6.07, 6.45) is 7.13. The molecule has 0 saturated carbocycles. The van der Waals surface area contributed by atoms with Gasteiger partial charge in [0.2, 0.25) is 0 Å². The summed E-state index contributed by atoms with van der Waals surface area (Å²) in [5.41, 5.74) is 2.89. The van der Waals surface area contributed by atoms with Gasteiger partial charge >= 0.3 is 5.97 Å². The molecule has 1 aromatic heterocycles. The van der Waals surface area contributed by atoms with Gasteiger partial charge in [0.25, 0.3) is 6.33 Å². The first-order valence-electron chi connectivity index (χ1n) is 4.69. The molecule has 0 amide bonds. The Morgan fingerprint density at radius 2 is 2.35 bits per heavy atom. The van der Waals surface area contributed by atoms with Gasteiger partial charge in [0.1, 0.15) is 17.3 Å². The molecule has 0 spiro atoms. The highest BCUT2D eigenvalue weighted by molar-refractivity contribution is 8.02. The minimum absolute atomic E-state index is 0.0450. The van der Waals surface area contributed by atoms with E-state index in [9.17, 15) is 4.79 Å². The van der Waals surface area contributed by atoms with E-state index in [2.05, 4.69) is 10.2 Å². The van der Waals surface area contributed by atoms with Gasteiger partial charge in [-0.05, 0) is 6.26 Å². The number of nitriles is 1. The van der Waals surface area contributed by atoms with Crippen LogP contribution in [0.4, 0.5) is 0 Å². The maximum Gasteiger partial charge on any atom is 0.351 e. The van der Waals surface area contributed by atoms with Crippen LogP contribution < -0.4 is 9.99 Å². The molecular weight excluding hydrogens is 240 g/mol. The first-order valence-corrected chi connectivity index (χ1v) is 5.91. The van der Waals surface area contributed by atoms with Crippen LogP contribution in [0.25, 0.3) is 0 Å². The van der Waals surface area contributed by atoms with Crippen LogP contribution in [-0.4, -0.2) is 24.0 Å². The van der Waals surface area contributed by atoms with Gasteiger partial charge in [-0.1, -0.05) is 0 Å². The van der Waals surface area contributed by atoms with Gasteiger partial charge in [-0.3, -0.25) is 0 Å². The Labute approximate surface area is 103 Å². The van der Waals surface area contributed by atoms with Gasteiger partial charge in [-0.2, -0.15) is 5.26 Å². The summed E-state index contributed by atoms with van der Waals surface area (Å²) in [5.74, 6) is -0.652. The molecule has 1 N–H and O–H groups in total. The second-order valence-corrected chi connectivity index (χ2v) is 3.93. The van der Waals surface area contributed by atoms with E-state index in [0.717, 1.165) is 0 Å². The molecule has 17 heavy (non-hydrogen) atoms. The van der Waals surface area contributed by atoms with Gasteiger partial charge in [0.15, 0.2) is 11.8 Å². The summed E-state index contributed by atoms with van der Waals surface area (Å²) in [4.78, 5) is 11.4. The van der Waals surface area contributed by atoms with Gasteiger partial charge < -0.3 is 4.74 Å². The van der Waals surface area contributed by atoms with Gasteiger partial charge in [-0.25, -0.2) is 14.8 Å². The Hall–Kier alpha value is -1.94. The van der Waals surface area contributed by atoms with Crippen LogP contribution in [0, 0.1) is 11.3 Å². The Kier molecular flexibility index (Phi) is 4.60. The number of imidazole rings is 1. The lowest BCUT2D eigenvalue weighted by Crippen LogP contribution is -2.25. The number of methoxy groups -OCH3 is 1. The molecule has 1 heterocycles. The third-order valence-corrected chi connectivity index (χ3v) is 2.64. The zero-order valence-corrected chi connectivity index (χ0v) is 10.6. The number of carbonyl (C=O) groups excluding carboxylic acids is 1. The number of rotatable bonds is 4. The van der Waals surface area contributed by atoms with Crippen molar-refractivity contribution in [2.75, 3.05) is 18.8 Å². The molecule has 0 radical (unpaired) electrons. The van der Waals surface area contributed by atoms with E-state index in [-0.39, 0.29) is 5.57 Å². The molecule has 7 heteroatoms. The summed E-state index contributed by atoms with van der Waals surface area (Å²) in [6, 6.07) is 1.83. The highest BCUT2D eigenvalue weighted by atomic mass is 32.2. The fourth-order valence-electron chi connectivity index (χ4n) is 1.13. The number of carbonyl (C=O) groups is 1. The largest absolute Gasteiger partial charge is 0.465 e. The smallest absolute Gasteiger partial charge is 0.351 e. The maximum absolute atomic E-state index is 11.4. The molecule has 1 rings (SSSR count). The van der Waals surface area contributed by atoms with Crippen LogP contribution in [0.3, 0.4) is 0 Å². The zero-order valence-electron chi connectivity index (χ0n) is 9.80. The molecule has 1 aromatic rings. The van der Waals surface area contributed by atoms with E-state index in [1.807, 2.05) is 23.9 Å². The molecule has 0 aromatic carbocycles. The molecule has 0 atom stereocenters. The van der Waals surface area contributed by atoms with E-state index in [1.54, 1.807) is 23.5 Å². The van der Waals surface area contributed by atoms with Crippen molar-refractivity contribution < 1.29 is 14.1 Å². The molecule has 6 nitrogen and oxygen atoms in total. The SMILES string of the molecule is COC(=O)C(C#N)=C(Nn1cc[n+](C)c1)SC. The number of hydrogen-bond donors (Lipinski definition) is 1. The van der Waals surface area contributed by atoms with Crippen molar-refractivity contribution in [3.8, 4) is 6.07 Å². The minimum Gasteiger partial charge on any atom is -0.465 e. The van der Waals surface area contributed by atoms with E-state index >= 15 is 0 Å². The zero-order chi connectivity index (χ0) is 12.8. The third-order valence-electron chi connectivity index (χ3n) is 1.93. The fourth-order valence-corrected chi connectivity index (χ4v) is 1.66. The minimum atomic E-state index is -0.652. The molecule has 0 bridgehead atoms. The maximum atomic E-state index is 11.4. The first-order chi connectivity index (χ1) is 8.12. The Morgan fingerprint density at radius 3 is 2.76 bits per heavy atom. The molecule has 0 aliphatic rings. The fraction of sp³-hybridized carbons (Fsp3) is 0.300. The van der Waals surface area contributed by atoms with Gasteiger partial charge in [0, 0.05) is 0 Å². The summed E-state index contributed by atoms with van der Waals surface area (Å²) < 4.78 is 8.02. The second-order valence-electron chi connectivity index (χ2n) is 3.11. The second kappa shape index (κ2) is 5.96. The number of aryl methyl sites for hydroxylation is 1. The molecule has 0 fully saturated rings. The van der Waals surface area contributed by atoms with Crippen LogP contribution in [0.5, 0.6) is 0 Å². The number of esters is 1. The quantitative estimate of drug-likeness (QED) is 0.357. The lowest BCUT2D eigenvalue weighted by atomic mass is 10.3. The summed E-state index contributed by atoms with van der Waals surface area (Å²) >= 11 is 1.27. The highest BCUT2D eigenvalue weighted by Gasteiger charge is 2.17. The summed E-state index contributed by atoms with van der Waals surface area (Å²) in [5, 5.41) is 9.38. The normalized spacial score (nSPS) is 11.4. The Bertz CT molecular complexity index is 487. The third kappa shape index (κ3) is 3.26. The van der Waals surface area contributed by atoms with Crippen molar-refractivity contribution in [2.45, 2.75) is 0 Å². The van der Waals surface area contributed by atoms with Crippen LogP contribution in [0.1, 0.15) is 0 Å². The number of ether oxygens (including phenoxy) is 1. The lowest BCUT2D eigenvalue weighted by molar-refractivity contribution is -0.670. The number of hydrogen-bond acceptors (Lipinski definition) is 5. The van der Waals surface area contributed by atoms with Crippen molar-refractivity contribution in [1.29, 1.82) is 5.26 Å². The Morgan fingerprint density at radius 1 is 1.65 bits per heavy atom. The van der Waals surface area contributed by atoms with Crippen LogP contribution in [-0.2, 0) is 16.6 Å². The van der Waals surface area contributed by atoms with E-state index in [1.165, 1.54) is 18.9 Å². The molecular formula is C10H13N4O2S+. The predicted octanol–water partition coefficient (Wildman–Crippen LogP) is 0.127. The van der Waals surface area contributed by atoms with Crippen LogP contribution in [0.2, 0.25) is 0 Å². The standard InChI is InChI=1S/C10H12N4O2S/c1-13-4-5-14(7-13)12-9(17-3)8(6-11)10(15)16-2/h4-5,7H,1-3H3/p+1. The molecule has 0 aliphatic carbocycles. The van der Waals surface area contributed by atoms with Crippen molar-refractivity contribution in [3.63, 3.8) is 0 Å². The van der Waals surface area contributed by atoms with Crippen LogP contribution in [0.15, 0.2) is 29.3 Å².